The SMILES string of the molecule is COc1ccc(OC(C)C(=O)Nc2ccc(N)cc2)cc1. The molecule has 110 valence electrons. The summed E-state index contributed by atoms with van der Waals surface area (Å²) in [5.74, 6) is 1.12. The third kappa shape index (κ3) is 4.14. The molecule has 2 aromatic carbocycles. The molecular weight excluding hydrogens is 268 g/mol. The minimum absolute atomic E-state index is 0.226. The number of hydrogen-bond acceptors (Lipinski definition) is 4. The molecule has 0 aliphatic carbocycles. The van der Waals surface area contributed by atoms with E-state index in [0.717, 1.165) is 5.75 Å². The van der Waals surface area contributed by atoms with E-state index in [2.05, 4.69) is 5.32 Å². The molecule has 0 saturated carbocycles. The first-order chi connectivity index (χ1) is 10.1. The van der Waals surface area contributed by atoms with E-state index in [-0.39, 0.29) is 5.91 Å². The Balaban J connectivity index is 1.93. The van der Waals surface area contributed by atoms with Crippen LogP contribution in [0.15, 0.2) is 48.5 Å². The summed E-state index contributed by atoms with van der Waals surface area (Å²) in [5, 5.41) is 2.77. The Bertz CT molecular complexity index is 594. The fraction of sp³-hybridized carbons (Fsp3) is 0.188. The number of benzene rings is 2. The standard InChI is InChI=1S/C16H18N2O3/c1-11(21-15-9-7-14(20-2)8-10-15)16(19)18-13-5-3-12(17)4-6-13/h3-11H,17H2,1-2H3,(H,18,19). The zero-order valence-electron chi connectivity index (χ0n) is 12.0. The molecule has 0 saturated heterocycles. The van der Waals surface area contributed by atoms with Gasteiger partial charge < -0.3 is 20.5 Å². The summed E-state index contributed by atoms with van der Waals surface area (Å²) in [6, 6.07) is 14.0. The minimum Gasteiger partial charge on any atom is -0.497 e. The molecule has 0 spiro atoms. The Hall–Kier alpha value is -2.69. The van der Waals surface area contributed by atoms with Crippen molar-refractivity contribution in [3.05, 3.63) is 48.5 Å². The maximum Gasteiger partial charge on any atom is 0.265 e. The first kappa shape index (κ1) is 14.7. The number of anilines is 2. The fourth-order valence-electron chi connectivity index (χ4n) is 1.72. The molecular formula is C16H18N2O3. The number of amides is 1. The normalized spacial score (nSPS) is 11.5. The van der Waals surface area contributed by atoms with Gasteiger partial charge in [-0.25, -0.2) is 0 Å². The summed E-state index contributed by atoms with van der Waals surface area (Å²) in [6.07, 6.45) is -0.615. The second-order valence-electron chi connectivity index (χ2n) is 4.55. The van der Waals surface area contributed by atoms with Crippen molar-refractivity contribution in [1.82, 2.24) is 0 Å². The predicted octanol–water partition coefficient (Wildman–Crippen LogP) is 2.68. The maximum atomic E-state index is 12.0. The van der Waals surface area contributed by atoms with Crippen LogP contribution in [0, 0.1) is 0 Å². The monoisotopic (exact) mass is 286 g/mol. The third-order valence-electron chi connectivity index (χ3n) is 2.92. The summed E-state index contributed by atoms with van der Waals surface area (Å²) < 4.78 is 10.6. The van der Waals surface area contributed by atoms with E-state index in [4.69, 9.17) is 15.2 Å². The van der Waals surface area contributed by atoms with Gasteiger partial charge in [-0.05, 0) is 55.5 Å². The van der Waals surface area contributed by atoms with E-state index < -0.39 is 6.10 Å². The first-order valence-corrected chi connectivity index (χ1v) is 6.55. The van der Waals surface area contributed by atoms with E-state index in [1.165, 1.54) is 0 Å². The zero-order valence-corrected chi connectivity index (χ0v) is 12.0. The average molecular weight is 286 g/mol. The molecule has 0 aromatic heterocycles. The lowest BCUT2D eigenvalue weighted by atomic mass is 10.2. The van der Waals surface area contributed by atoms with Gasteiger partial charge in [0, 0.05) is 11.4 Å². The number of methoxy groups -OCH3 is 1. The molecule has 5 heteroatoms. The molecule has 2 aromatic rings. The van der Waals surface area contributed by atoms with Gasteiger partial charge in [0.1, 0.15) is 11.5 Å². The summed E-state index contributed by atoms with van der Waals surface area (Å²) in [4.78, 5) is 12.0. The Morgan fingerprint density at radius 3 is 2.19 bits per heavy atom. The van der Waals surface area contributed by atoms with E-state index in [1.54, 1.807) is 62.6 Å². The second-order valence-corrected chi connectivity index (χ2v) is 4.55. The van der Waals surface area contributed by atoms with E-state index >= 15 is 0 Å². The average Bonchev–Trinajstić information content (AvgIpc) is 2.50. The third-order valence-corrected chi connectivity index (χ3v) is 2.92. The molecule has 21 heavy (non-hydrogen) atoms. The van der Waals surface area contributed by atoms with Gasteiger partial charge in [0.15, 0.2) is 6.10 Å². The molecule has 1 amide bonds. The predicted molar refractivity (Wildman–Crippen MR) is 82.6 cm³/mol. The van der Waals surface area contributed by atoms with Crippen LogP contribution in [0.5, 0.6) is 11.5 Å². The zero-order chi connectivity index (χ0) is 15.2. The van der Waals surface area contributed by atoms with Gasteiger partial charge >= 0.3 is 0 Å². The van der Waals surface area contributed by atoms with Crippen LogP contribution in [0.3, 0.4) is 0 Å². The maximum absolute atomic E-state index is 12.0. The van der Waals surface area contributed by atoms with Crippen molar-refractivity contribution in [2.45, 2.75) is 13.0 Å². The summed E-state index contributed by atoms with van der Waals surface area (Å²) in [5.41, 5.74) is 6.92. The number of nitrogens with one attached hydrogen (secondary N) is 1. The van der Waals surface area contributed by atoms with Gasteiger partial charge in [-0.2, -0.15) is 0 Å². The lowest BCUT2D eigenvalue weighted by Gasteiger charge is -2.15. The van der Waals surface area contributed by atoms with Crippen LogP contribution in [0.1, 0.15) is 6.92 Å². The van der Waals surface area contributed by atoms with E-state index in [0.29, 0.717) is 17.1 Å². The smallest absolute Gasteiger partial charge is 0.265 e. The highest BCUT2D eigenvalue weighted by atomic mass is 16.5. The van der Waals surface area contributed by atoms with Gasteiger partial charge in [0.25, 0.3) is 5.91 Å². The molecule has 0 heterocycles. The Morgan fingerprint density at radius 2 is 1.62 bits per heavy atom. The molecule has 1 unspecified atom stereocenters. The fourth-order valence-corrected chi connectivity index (χ4v) is 1.72. The highest BCUT2D eigenvalue weighted by Gasteiger charge is 2.14. The molecule has 0 aliphatic heterocycles. The van der Waals surface area contributed by atoms with Gasteiger partial charge in [0.2, 0.25) is 0 Å². The van der Waals surface area contributed by atoms with Gasteiger partial charge in [-0.3, -0.25) is 4.79 Å². The number of rotatable bonds is 5. The van der Waals surface area contributed by atoms with Crippen LogP contribution in [-0.4, -0.2) is 19.1 Å². The van der Waals surface area contributed by atoms with Crippen LogP contribution in [0.25, 0.3) is 0 Å². The quantitative estimate of drug-likeness (QED) is 0.829. The summed E-state index contributed by atoms with van der Waals surface area (Å²) in [6.45, 7) is 1.69. The highest BCUT2D eigenvalue weighted by molar-refractivity contribution is 5.94. The van der Waals surface area contributed by atoms with E-state index in [1.807, 2.05) is 0 Å². The number of carbonyl (C=O) groups is 1. The Kier molecular flexibility index (Phi) is 4.66. The lowest BCUT2D eigenvalue weighted by molar-refractivity contribution is -0.122. The number of ether oxygens (including phenoxy) is 2. The van der Waals surface area contributed by atoms with E-state index in [9.17, 15) is 4.79 Å². The molecule has 0 aliphatic rings. The minimum atomic E-state index is -0.615. The van der Waals surface area contributed by atoms with Gasteiger partial charge in [-0.1, -0.05) is 0 Å². The lowest BCUT2D eigenvalue weighted by Crippen LogP contribution is -2.30. The van der Waals surface area contributed by atoms with Crippen molar-refractivity contribution in [3.63, 3.8) is 0 Å². The molecule has 2 rings (SSSR count). The summed E-state index contributed by atoms with van der Waals surface area (Å²) in [7, 11) is 1.60. The second kappa shape index (κ2) is 6.65. The van der Waals surface area contributed by atoms with Crippen molar-refractivity contribution in [2.24, 2.45) is 0 Å². The molecule has 0 fully saturated rings. The summed E-state index contributed by atoms with van der Waals surface area (Å²) >= 11 is 0. The van der Waals surface area contributed by atoms with Crippen molar-refractivity contribution in [2.75, 3.05) is 18.2 Å². The highest BCUT2D eigenvalue weighted by Crippen LogP contribution is 2.18. The number of nitrogen functional groups attached to an aromatic ring is 1. The number of nitrogens with two attached hydrogens (primary N) is 1. The van der Waals surface area contributed by atoms with Gasteiger partial charge in [0.05, 0.1) is 7.11 Å². The first-order valence-electron chi connectivity index (χ1n) is 6.55. The van der Waals surface area contributed by atoms with Crippen LogP contribution < -0.4 is 20.5 Å². The topological polar surface area (TPSA) is 73.6 Å². The Morgan fingerprint density at radius 1 is 1.05 bits per heavy atom. The van der Waals surface area contributed by atoms with Crippen LogP contribution in [-0.2, 0) is 4.79 Å². The van der Waals surface area contributed by atoms with Crippen LogP contribution in [0.2, 0.25) is 0 Å². The molecule has 5 nitrogen and oxygen atoms in total. The molecule has 1 atom stereocenters. The molecule has 3 N–H and O–H groups in total. The number of carbonyl (C=O) groups excluding carboxylic acids is 1. The number of hydrogen-bond donors (Lipinski definition) is 2. The molecule has 0 radical (unpaired) electrons. The van der Waals surface area contributed by atoms with Crippen molar-refractivity contribution >= 4 is 17.3 Å². The largest absolute Gasteiger partial charge is 0.497 e. The van der Waals surface area contributed by atoms with Crippen molar-refractivity contribution in [3.8, 4) is 11.5 Å². The van der Waals surface area contributed by atoms with Crippen molar-refractivity contribution < 1.29 is 14.3 Å². The van der Waals surface area contributed by atoms with Crippen LogP contribution in [0.4, 0.5) is 11.4 Å². The van der Waals surface area contributed by atoms with Crippen LogP contribution >= 0.6 is 0 Å². The molecule has 0 bridgehead atoms. The van der Waals surface area contributed by atoms with Crippen molar-refractivity contribution in [1.29, 1.82) is 0 Å². The van der Waals surface area contributed by atoms with Gasteiger partial charge in [-0.15, -0.1) is 0 Å². The Labute approximate surface area is 123 Å².